The summed E-state index contributed by atoms with van der Waals surface area (Å²) in [6.07, 6.45) is 0. The quantitative estimate of drug-likeness (QED) is 0.846. The number of carbonyl (C=O) groups is 1. The first-order valence-electron chi connectivity index (χ1n) is 4.78. The Balaban J connectivity index is 3.31. The average Bonchev–Trinajstić information content (AvgIpc) is 2.23. The van der Waals surface area contributed by atoms with E-state index in [1.54, 1.807) is 19.1 Å². The van der Waals surface area contributed by atoms with Crippen LogP contribution in [-0.2, 0) is 4.79 Å². The van der Waals surface area contributed by atoms with Crippen molar-refractivity contribution in [1.82, 2.24) is 0 Å². The molecule has 0 fully saturated rings. The molecule has 0 aromatic heterocycles. The minimum Gasteiger partial charge on any atom is -0.496 e. The first-order chi connectivity index (χ1) is 7.51. The Hall–Kier alpha value is -1.26. The van der Waals surface area contributed by atoms with Gasteiger partial charge < -0.3 is 15.6 Å². The Morgan fingerprint density at radius 1 is 1.62 bits per heavy atom. The van der Waals surface area contributed by atoms with Crippen LogP contribution >= 0.6 is 11.6 Å². The predicted molar refractivity (Wildman–Crippen MR) is 62.2 cm³/mol. The Morgan fingerprint density at radius 3 is 2.69 bits per heavy atom. The molecule has 0 saturated carbocycles. The van der Waals surface area contributed by atoms with Crippen molar-refractivity contribution >= 4 is 17.6 Å². The number of methoxy groups -OCH3 is 1. The zero-order valence-electron chi connectivity index (χ0n) is 9.16. The number of nitrogens with two attached hydrogens (primary N) is 1. The van der Waals surface area contributed by atoms with Gasteiger partial charge in [-0.25, -0.2) is 0 Å². The largest absolute Gasteiger partial charge is 0.496 e. The number of hydrogen-bond donors (Lipinski definition) is 2. The van der Waals surface area contributed by atoms with Crippen LogP contribution in [0.15, 0.2) is 12.1 Å². The molecule has 3 N–H and O–H groups in total. The zero-order valence-corrected chi connectivity index (χ0v) is 9.91. The van der Waals surface area contributed by atoms with Gasteiger partial charge in [-0.3, -0.25) is 4.79 Å². The van der Waals surface area contributed by atoms with E-state index in [-0.39, 0.29) is 6.54 Å². The van der Waals surface area contributed by atoms with Gasteiger partial charge in [-0.15, -0.1) is 0 Å². The SMILES string of the molecule is COc1cc(Cl)cc(C(CN)C(=O)O)c1C. The molecule has 88 valence electrons. The van der Waals surface area contributed by atoms with Gasteiger partial charge in [0, 0.05) is 11.6 Å². The Morgan fingerprint density at radius 2 is 2.25 bits per heavy atom. The summed E-state index contributed by atoms with van der Waals surface area (Å²) in [4.78, 5) is 11.0. The van der Waals surface area contributed by atoms with Crippen molar-refractivity contribution in [2.45, 2.75) is 12.8 Å². The van der Waals surface area contributed by atoms with Crippen molar-refractivity contribution in [3.63, 3.8) is 0 Å². The van der Waals surface area contributed by atoms with E-state index >= 15 is 0 Å². The van der Waals surface area contributed by atoms with Gasteiger partial charge in [-0.05, 0) is 30.2 Å². The fourth-order valence-electron chi connectivity index (χ4n) is 1.61. The maximum atomic E-state index is 11.0. The van der Waals surface area contributed by atoms with Crippen LogP contribution in [0.1, 0.15) is 17.0 Å². The van der Waals surface area contributed by atoms with Crippen molar-refractivity contribution in [3.05, 3.63) is 28.3 Å². The highest BCUT2D eigenvalue weighted by molar-refractivity contribution is 6.30. The van der Waals surface area contributed by atoms with Crippen LogP contribution in [-0.4, -0.2) is 24.7 Å². The third-order valence-corrected chi connectivity index (χ3v) is 2.71. The van der Waals surface area contributed by atoms with E-state index in [9.17, 15) is 4.79 Å². The molecule has 0 aliphatic carbocycles. The number of benzene rings is 1. The molecule has 0 spiro atoms. The molecule has 1 aromatic rings. The van der Waals surface area contributed by atoms with E-state index < -0.39 is 11.9 Å². The monoisotopic (exact) mass is 243 g/mol. The Kier molecular flexibility index (Phi) is 4.15. The van der Waals surface area contributed by atoms with Crippen LogP contribution in [0.3, 0.4) is 0 Å². The summed E-state index contributed by atoms with van der Waals surface area (Å²) in [6, 6.07) is 3.26. The minimum atomic E-state index is -0.963. The van der Waals surface area contributed by atoms with Crippen molar-refractivity contribution in [2.24, 2.45) is 5.73 Å². The van der Waals surface area contributed by atoms with Crippen molar-refractivity contribution in [2.75, 3.05) is 13.7 Å². The second-order valence-corrected chi connectivity index (χ2v) is 3.89. The Labute approximate surface area is 99.0 Å². The Bertz CT molecular complexity index is 406. The normalized spacial score (nSPS) is 12.2. The molecule has 1 unspecified atom stereocenters. The molecular formula is C11H14ClNO3. The molecule has 1 rings (SSSR count). The van der Waals surface area contributed by atoms with E-state index in [4.69, 9.17) is 27.2 Å². The van der Waals surface area contributed by atoms with E-state index in [1.165, 1.54) is 7.11 Å². The molecule has 0 saturated heterocycles. The van der Waals surface area contributed by atoms with E-state index in [0.29, 0.717) is 16.3 Å². The predicted octanol–water partition coefficient (Wildman–Crippen LogP) is 1.78. The van der Waals surface area contributed by atoms with Gasteiger partial charge in [0.1, 0.15) is 5.75 Å². The molecule has 0 amide bonds. The number of carboxylic acid groups (broad SMARTS) is 1. The summed E-state index contributed by atoms with van der Waals surface area (Å²) in [6.45, 7) is 1.82. The van der Waals surface area contributed by atoms with Gasteiger partial charge in [0.2, 0.25) is 0 Å². The first kappa shape index (κ1) is 12.8. The van der Waals surface area contributed by atoms with Crippen LogP contribution in [0, 0.1) is 6.92 Å². The summed E-state index contributed by atoms with van der Waals surface area (Å²) in [7, 11) is 1.51. The van der Waals surface area contributed by atoms with Crippen LogP contribution in [0.25, 0.3) is 0 Å². The third-order valence-electron chi connectivity index (χ3n) is 2.49. The maximum Gasteiger partial charge on any atom is 0.312 e. The molecule has 5 heteroatoms. The lowest BCUT2D eigenvalue weighted by Gasteiger charge is -2.16. The molecule has 0 aliphatic rings. The second-order valence-electron chi connectivity index (χ2n) is 3.45. The maximum absolute atomic E-state index is 11.0. The van der Waals surface area contributed by atoms with Gasteiger partial charge in [0.05, 0.1) is 13.0 Å². The van der Waals surface area contributed by atoms with Crippen molar-refractivity contribution in [3.8, 4) is 5.75 Å². The summed E-state index contributed by atoms with van der Waals surface area (Å²) >= 11 is 5.89. The summed E-state index contributed by atoms with van der Waals surface area (Å²) < 4.78 is 5.12. The lowest BCUT2D eigenvalue weighted by atomic mass is 9.94. The van der Waals surface area contributed by atoms with Crippen molar-refractivity contribution in [1.29, 1.82) is 0 Å². The lowest BCUT2D eigenvalue weighted by molar-refractivity contribution is -0.138. The standard InChI is InChI=1S/C11H14ClNO3/c1-6-8(9(5-13)11(14)15)3-7(12)4-10(6)16-2/h3-4,9H,5,13H2,1-2H3,(H,14,15). The fraction of sp³-hybridized carbons (Fsp3) is 0.364. The van der Waals surface area contributed by atoms with Gasteiger partial charge >= 0.3 is 5.97 Å². The molecule has 1 aromatic carbocycles. The molecule has 0 radical (unpaired) electrons. The third kappa shape index (κ3) is 2.46. The van der Waals surface area contributed by atoms with Crippen LogP contribution in [0.4, 0.5) is 0 Å². The number of rotatable bonds is 4. The highest BCUT2D eigenvalue weighted by Crippen LogP contribution is 2.31. The lowest BCUT2D eigenvalue weighted by Crippen LogP contribution is -2.22. The average molecular weight is 244 g/mol. The zero-order chi connectivity index (χ0) is 12.3. The topological polar surface area (TPSA) is 72.5 Å². The van der Waals surface area contributed by atoms with E-state index in [0.717, 1.165) is 5.56 Å². The molecule has 0 aliphatic heterocycles. The first-order valence-corrected chi connectivity index (χ1v) is 5.16. The van der Waals surface area contributed by atoms with Gasteiger partial charge in [0.15, 0.2) is 0 Å². The fourth-order valence-corrected chi connectivity index (χ4v) is 1.83. The molecule has 0 bridgehead atoms. The smallest absolute Gasteiger partial charge is 0.312 e. The summed E-state index contributed by atoms with van der Waals surface area (Å²) in [5.74, 6) is -1.15. The molecule has 0 heterocycles. The molecule has 4 nitrogen and oxygen atoms in total. The van der Waals surface area contributed by atoms with E-state index in [2.05, 4.69) is 0 Å². The number of aliphatic carboxylic acids is 1. The van der Waals surface area contributed by atoms with Crippen LogP contribution in [0.2, 0.25) is 5.02 Å². The number of carboxylic acids is 1. The summed E-state index contributed by atoms with van der Waals surface area (Å²) in [5.41, 5.74) is 6.80. The molecule has 1 atom stereocenters. The van der Waals surface area contributed by atoms with Gasteiger partial charge in [-0.2, -0.15) is 0 Å². The minimum absolute atomic E-state index is 0.0275. The van der Waals surface area contributed by atoms with E-state index in [1.807, 2.05) is 0 Å². The van der Waals surface area contributed by atoms with Crippen molar-refractivity contribution < 1.29 is 14.6 Å². The molecule has 16 heavy (non-hydrogen) atoms. The van der Waals surface area contributed by atoms with Crippen LogP contribution < -0.4 is 10.5 Å². The van der Waals surface area contributed by atoms with Gasteiger partial charge in [0.25, 0.3) is 0 Å². The van der Waals surface area contributed by atoms with Gasteiger partial charge in [-0.1, -0.05) is 11.6 Å². The summed E-state index contributed by atoms with van der Waals surface area (Å²) in [5, 5.41) is 9.48. The number of hydrogen-bond acceptors (Lipinski definition) is 3. The second kappa shape index (κ2) is 5.18. The highest BCUT2D eigenvalue weighted by atomic mass is 35.5. The number of halogens is 1. The van der Waals surface area contributed by atoms with Crippen LogP contribution in [0.5, 0.6) is 5.75 Å². The number of ether oxygens (including phenoxy) is 1. The molecular weight excluding hydrogens is 230 g/mol. The highest BCUT2D eigenvalue weighted by Gasteiger charge is 2.22.